The summed E-state index contributed by atoms with van der Waals surface area (Å²) in [6.45, 7) is 4.62. The van der Waals surface area contributed by atoms with Crippen molar-refractivity contribution in [3.05, 3.63) is 58.9 Å². The monoisotopic (exact) mass is 346 g/mol. The molecule has 1 aromatic carbocycles. The summed E-state index contributed by atoms with van der Waals surface area (Å²) in [5, 5.41) is 2.86. The van der Waals surface area contributed by atoms with Gasteiger partial charge in [0.05, 0.1) is 17.1 Å². The number of aromatic nitrogens is 1. The molecule has 1 aliphatic heterocycles. The lowest BCUT2D eigenvalue weighted by molar-refractivity contribution is 0.0940. The number of carbonyl (C=O) groups is 1. The van der Waals surface area contributed by atoms with E-state index in [9.17, 15) is 13.2 Å². The van der Waals surface area contributed by atoms with Crippen LogP contribution in [-0.2, 0) is 16.4 Å². The maximum Gasteiger partial charge on any atom is 0.253 e. The van der Waals surface area contributed by atoms with E-state index in [0.29, 0.717) is 18.5 Å². The van der Waals surface area contributed by atoms with Crippen molar-refractivity contribution in [2.24, 2.45) is 0 Å². The molecule has 1 saturated heterocycles. The fourth-order valence-corrected chi connectivity index (χ4v) is 4.89. The van der Waals surface area contributed by atoms with E-state index in [2.05, 4.69) is 22.0 Å². The average molecular weight is 346 g/mol. The maximum absolute atomic E-state index is 12.5. The highest BCUT2D eigenvalue weighted by Gasteiger charge is 2.29. The smallest absolute Gasteiger partial charge is 0.253 e. The summed E-state index contributed by atoms with van der Waals surface area (Å²) in [6.07, 6.45) is 0.497. The van der Waals surface area contributed by atoms with Gasteiger partial charge in [-0.15, -0.1) is 0 Å². The Morgan fingerprint density at radius 3 is 2.58 bits per heavy atom. The second-order valence-corrected chi connectivity index (χ2v) is 8.66. The summed E-state index contributed by atoms with van der Waals surface area (Å²) < 4.78 is 25.2. The summed E-state index contributed by atoms with van der Waals surface area (Å²) in [7, 11) is -3.00. The van der Waals surface area contributed by atoms with E-state index in [0.717, 1.165) is 11.4 Å². The Hall–Kier alpha value is -2.08. The zero-order valence-corrected chi connectivity index (χ0v) is 14.8. The first kappa shape index (κ1) is 16.8. The number of benzene rings is 1. The van der Waals surface area contributed by atoms with E-state index in [1.165, 1.54) is 5.56 Å². The minimum absolute atomic E-state index is 0.0431. The summed E-state index contributed by atoms with van der Waals surface area (Å²) in [5.74, 6) is 0.0106. The maximum atomic E-state index is 12.5. The van der Waals surface area contributed by atoms with Crippen molar-refractivity contribution >= 4 is 15.7 Å². The third kappa shape index (κ3) is 3.53. The fourth-order valence-electron chi connectivity index (χ4n) is 3.21. The number of aryl methyl sites for hydroxylation is 1. The van der Waals surface area contributed by atoms with Gasteiger partial charge in [0.25, 0.3) is 5.91 Å². The van der Waals surface area contributed by atoms with Crippen LogP contribution in [0.1, 0.15) is 33.7 Å². The summed E-state index contributed by atoms with van der Waals surface area (Å²) >= 11 is 0. The number of rotatable bonds is 4. The molecule has 128 valence electrons. The molecule has 24 heavy (non-hydrogen) atoms. The first-order valence-electron chi connectivity index (χ1n) is 8.08. The number of carbonyl (C=O) groups excluding carboxylic acids is 1. The predicted octanol–water partition coefficient (Wildman–Crippen LogP) is 2.07. The molecule has 6 heteroatoms. The zero-order chi connectivity index (χ0) is 17.3. The standard InChI is InChI=1S/C18H22N2O3S/c1-13-10-17(18(21)19-16-8-9-24(22,23)12-16)14(2)20(13)11-15-6-4-3-5-7-15/h3-7,10,16H,8-9,11-12H2,1-2H3,(H,19,21)/t16-/m1/s1. The van der Waals surface area contributed by atoms with E-state index in [1.807, 2.05) is 38.1 Å². The van der Waals surface area contributed by atoms with Crippen LogP contribution in [0.25, 0.3) is 0 Å². The van der Waals surface area contributed by atoms with E-state index in [-0.39, 0.29) is 23.5 Å². The largest absolute Gasteiger partial charge is 0.348 e. The SMILES string of the molecule is Cc1cc(C(=O)N[C@@H]2CCS(=O)(=O)C2)c(C)n1Cc1ccccc1. The van der Waals surface area contributed by atoms with Crippen molar-refractivity contribution in [1.82, 2.24) is 9.88 Å². The molecule has 2 aromatic rings. The highest BCUT2D eigenvalue weighted by molar-refractivity contribution is 7.91. The van der Waals surface area contributed by atoms with Gasteiger partial charge >= 0.3 is 0 Å². The van der Waals surface area contributed by atoms with Crippen LogP contribution < -0.4 is 5.32 Å². The highest BCUT2D eigenvalue weighted by atomic mass is 32.2. The van der Waals surface area contributed by atoms with E-state index >= 15 is 0 Å². The molecule has 0 saturated carbocycles. The lowest BCUT2D eigenvalue weighted by atomic mass is 10.2. The molecule has 0 aliphatic carbocycles. The molecule has 0 radical (unpaired) electrons. The number of nitrogens with one attached hydrogen (secondary N) is 1. The van der Waals surface area contributed by atoms with Gasteiger partial charge in [0.2, 0.25) is 0 Å². The minimum atomic E-state index is -3.00. The molecule has 1 atom stereocenters. The third-order valence-corrected chi connectivity index (χ3v) is 6.34. The lowest BCUT2D eigenvalue weighted by Crippen LogP contribution is -2.35. The first-order valence-corrected chi connectivity index (χ1v) is 9.90. The summed E-state index contributed by atoms with van der Waals surface area (Å²) in [6, 6.07) is 11.7. The second kappa shape index (κ2) is 6.43. The molecular formula is C18H22N2O3S. The van der Waals surface area contributed by atoms with Crippen LogP contribution in [0.2, 0.25) is 0 Å². The molecule has 2 heterocycles. The van der Waals surface area contributed by atoms with Crippen molar-refractivity contribution in [1.29, 1.82) is 0 Å². The Bertz CT molecular complexity index is 854. The van der Waals surface area contributed by atoms with Gasteiger partial charge in [0, 0.05) is 24.0 Å². The van der Waals surface area contributed by atoms with Crippen molar-refractivity contribution in [3.63, 3.8) is 0 Å². The Morgan fingerprint density at radius 1 is 1.25 bits per heavy atom. The highest BCUT2D eigenvalue weighted by Crippen LogP contribution is 2.18. The van der Waals surface area contributed by atoms with Crippen LogP contribution in [0, 0.1) is 13.8 Å². The van der Waals surface area contributed by atoms with Gasteiger partial charge in [0.15, 0.2) is 9.84 Å². The van der Waals surface area contributed by atoms with E-state index in [4.69, 9.17) is 0 Å². The summed E-state index contributed by atoms with van der Waals surface area (Å²) in [5.41, 5.74) is 3.70. The molecule has 1 aromatic heterocycles. The normalized spacial score (nSPS) is 19.3. The van der Waals surface area contributed by atoms with Crippen molar-refractivity contribution in [2.45, 2.75) is 32.9 Å². The molecule has 3 rings (SSSR count). The van der Waals surface area contributed by atoms with Crippen LogP contribution in [0.5, 0.6) is 0 Å². The Labute approximate surface area is 142 Å². The van der Waals surface area contributed by atoms with Crippen LogP contribution in [-0.4, -0.2) is 36.4 Å². The number of nitrogens with zero attached hydrogens (tertiary/aromatic N) is 1. The molecule has 1 N–H and O–H groups in total. The van der Waals surface area contributed by atoms with Gasteiger partial charge in [-0.05, 0) is 31.9 Å². The van der Waals surface area contributed by atoms with E-state index in [1.54, 1.807) is 0 Å². The molecule has 0 spiro atoms. The van der Waals surface area contributed by atoms with Crippen molar-refractivity contribution in [2.75, 3.05) is 11.5 Å². The van der Waals surface area contributed by atoms with Gasteiger partial charge in [-0.2, -0.15) is 0 Å². The number of amides is 1. The molecule has 0 bridgehead atoms. The van der Waals surface area contributed by atoms with Gasteiger partial charge in [-0.1, -0.05) is 30.3 Å². The minimum Gasteiger partial charge on any atom is -0.348 e. The quantitative estimate of drug-likeness (QED) is 0.921. The fraction of sp³-hybridized carbons (Fsp3) is 0.389. The van der Waals surface area contributed by atoms with Crippen LogP contribution >= 0.6 is 0 Å². The second-order valence-electron chi connectivity index (χ2n) is 6.43. The number of hydrogen-bond donors (Lipinski definition) is 1. The molecule has 1 fully saturated rings. The molecule has 0 unspecified atom stereocenters. The average Bonchev–Trinajstić information content (AvgIpc) is 3.01. The van der Waals surface area contributed by atoms with Crippen LogP contribution in [0.3, 0.4) is 0 Å². The molecule has 1 amide bonds. The van der Waals surface area contributed by atoms with Crippen molar-refractivity contribution in [3.8, 4) is 0 Å². The molecule has 1 aliphatic rings. The van der Waals surface area contributed by atoms with Crippen molar-refractivity contribution < 1.29 is 13.2 Å². The molecular weight excluding hydrogens is 324 g/mol. The van der Waals surface area contributed by atoms with Gasteiger partial charge < -0.3 is 9.88 Å². The number of hydrogen-bond acceptors (Lipinski definition) is 3. The summed E-state index contributed by atoms with van der Waals surface area (Å²) in [4.78, 5) is 12.5. The zero-order valence-electron chi connectivity index (χ0n) is 14.0. The predicted molar refractivity (Wildman–Crippen MR) is 94.0 cm³/mol. The Balaban J connectivity index is 1.77. The van der Waals surface area contributed by atoms with Gasteiger partial charge in [-0.25, -0.2) is 8.42 Å². The topological polar surface area (TPSA) is 68.2 Å². The van der Waals surface area contributed by atoms with Gasteiger partial charge in [-0.3, -0.25) is 4.79 Å². The van der Waals surface area contributed by atoms with Crippen LogP contribution in [0.15, 0.2) is 36.4 Å². The Morgan fingerprint density at radius 2 is 1.96 bits per heavy atom. The van der Waals surface area contributed by atoms with E-state index < -0.39 is 9.84 Å². The molecule has 5 nitrogen and oxygen atoms in total. The third-order valence-electron chi connectivity index (χ3n) is 4.57. The van der Waals surface area contributed by atoms with Gasteiger partial charge in [0.1, 0.15) is 0 Å². The lowest BCUT2D eigenvalue weighted by Gasteiger charge is -2.12. The first-order chi connectivity index (χ1) is 11.4. The Kier molecular flexibility index (Phi) is 4.49. The van der Waals surface area contributed by atoms with Crippen LogP contribution in [0.4, 0.5) is 0 Å². The number of sulfone groups is 1.